The van der Waals surface area contributed by atoms with Gasteiger partial charge in [0.15, 0.2) is 5.31 Å². The van der Waals surface area contributed by atoms with E-state index >= 15 is 0 Å². The van der Waals surface area contributed by atoms with Gasteiger partial charge in [0.2, 0.25) is 7.37 Å². The van der Waals surface area contributed by atoms with Gasteiger partial charge >= 0.3 is 0 Å². The van der Waals surface area contributed by atoms with Gasteiger partial charge in [0.25, 0.3) is 0 Å². The highest BCUT2D eigenvalue weighted by Crippen LogP contribution is 2.53. The molecule has 0 heterocycles. The van der Waals surface area contributed by atoms with Crippen LogP contribution in [0.5, 0.6) is 5.75 Å². The average Bonchev–Trinajstić information content (AvgIpc) is 2.39. The zero-order chi connectivity index (χ0) is 14.5. The van der Waals surface area contributed by atoms with E-state index in [4.69, 9.17) is 14.5 Å². The largest absolute Gasteiger partial charge is 0.506 e. The summed E-state index contributed by atoms with van der Waals surface area (Å²) < 4.78 is 22.3. The van der Waals surface area contributed by atoms with Crippen LogP contribution in [0.4, 0.5) is 0 Å². The van der Waals surface area contributed by atoms with Crippen molar-refractivity contribution in [1.29, 1.82) is 5.26 Å². The first kappa shape index (κ1) is 15.3. The Kier molecular flexibility index (Phi) is 5.17. The Bertz CT molecular complexity index is 557. The predicted molar refractivity (Wildman–Crippen MR) is 73.3 cm³/mol. The van der Waals surface area contributed by atoms with Crippen molar-refractivity contribution in [2.24, 2.45) is 0 Å². The molecule has 0 aromatic heterocycles. The minimum absolute atomic E-state index is 0.203. The van der Waals surface area contributed by atoms with Gasteiger partial charge in [0, 0.05) is 12.2 Å². The molecule has 0 aliphatic rings. The smallest absolute Gasteiger partial charge is 0.243 e. The number of benzene rings is 1. The molecule has 0 spiro atoms. The lowest BCUT2D eigenvalue weighted by Crippen LogP contribution is -1.95. The molecule has 1 rings (SSSR count). The molecule has 1 unspecified atom stereocenters. The molecular formula is C13H16NO4P. The van der Waals surface area contributed by atoms with Crippen LogP contribution in [0.15, 0.2) is 29.6 Å². The Morgan fingerprint density at radius 3 is 2.42 bits per heavy atom. The molecule has 0 aliphatic carbocycles. The maximum Gasteiger partial charge on any atom is 0.243 e. The monoisotopic (exact) mass is 281 g/mol. The first-order valence-electron chi connectivity index (χ1n) is 5.66. The van der Waals surface area contributed by atoms with Crippen LogP contribution < -0.4 is 4.74 Å². The SMILES string of the molecule is CCOP(C)(=O)/C(C#N)=C(\O)c1ccc(OC)cc1. The highest BCUT2D eigenvalue weighted by atomic mass is 31.2. The fourth-order valence-corrected chi connectivity index (χ4v) is 2.85. The molecular weight excluding hydrogens is 265 g/mol. The molecule has 5 nitrogen and oxygen atoms in total. The molecule has 0 bridgehead atoms. The van der Waals surface area contributed by atoms with Crippen molar-refractivity contribution in [3.63, 3.8) is 0 Å². The van der Waals surface area contributed by atoms with E-state index in [-0.39, 0.29) is 17.7 Å². The lowest BCUT2D eigenvalue weighted by molar-refractivity contribution is 0.342. The van der Waals surface area contributed by atoms with Crippen molar-refractivity contribution in [1.82, 2.24) is 0 Å². The van der Waals surface area contributed by atoms with E-state index in [9.17, 15) is 9.67 Å². The van der Waals surface area contributed by atoms with E-state index in [0.29, 0.717) is 11.3 Å². The summed E-state index contributed by atoms with van der Waals surface area (Å²) in [7, 11) is -1.78. The number of nitriles is 1. The van der Waals surface area contributed by atoms with Gasteiger partial charge in [-0.2, -0.15) is 5.26 Å². The quantitative estimate of drug-likeness (QED) is 0.508. The van der Waals surface area contributed by atoms with E-state index in [1.54, 1.807) is 37.3 Å². The average molecular weight is 281 g/mol. The standard InChI is InChI=1S/C13H16NO4P/c1-4-18-19(3,16)12(9-14)13(15)10-5-7-11(17-2)8-6-10/h5-8,15H,4H2,1-3H3/b13-12-. The summed E-state index contributed by atoms with van der Waals surface area (Å²) in [6.07, 6.45) is 0. The van der Waals surface area contributed by atoms with Gasteiger partial charge in [-0.15, -0.1) is 0 Å². The molecule has 19 heavy (non-hydrogen) atoms. The van der Waals surface area contributed by atoms with Crippen LogP contribution in [-0.2, 0) is 9.09 Å². The second kappa shape index (κ2) is 6.42. The van der Waals surface area contributed by atoms with E-state index in [0.717, 1.165) is 0 Å². The van der Waals surface area contributed by atoms with Crippen molar-refractivity contribution in [2.45, 2.75) is 6.92 Å². The van der Waals surface area contributed by atoms with E-state index in [1.165, 1.54) is 13.8 Å². The summed E-state index contributed by atoms with van der Waals surface area (Å²) >= 11 is 0. The number of nitrogens with zero attached hydrogens (tertiary/aromatic N) is 1. The number of hydrogen-bond donors (Lipinski definition) is 1. The number of rotatable bonds is 5. The number of aliphatic hydroxyl groups excluding tert-OH is 1. The van der Waals surface area contributed by atoms with Crippen LogP contribution >= 0.6 is 7.37 Å². The fourth-order valence-electron chi connectivity index (χ4n) is 1.53. The van der Waals surface area contributed by atoms with Crippen LogP contribution in [0.3, 0.4) is 0 Å². The van der Waals surface area contributed by atoms with Gasteiger partial charge in [-0.05, 0) is 31.2 Å². The molecule has 102 valence electrons. The summed E-state index contributed by atoms with van der Waals surface area (Å²) in [5, 5.41) is 18.9. The highest BCUT2D eigenvalue weighted by Gasteiger charge is 2.26. The van der Waals surface area contributed by atoms with Gasteiger partial charge in [0.1, 0.15) is 17.6 Å². The zero-order valence-electron chi connectivity index (χ0n) is 11.1. The number of hydrogen-bond acceptors (Lipinski definition) is 5. The lowest BCUT2D eigenvalue weighted by Gasteiger charge is -2.13. The Labute approximate surface area is 112 Å². The first-order valence-corrected chi connectivity index (χ1v) is 7.73. The zero-order valence-corrected chi connectivity index (χ0v) is 12.0. The topological polar surface area (TPSA) is 79.6 Å². The second-order valence-electron chi connectivity index (χ2n) is 3.80. The summed E-state index contributed by atoms with van der Waals surface area (Å²) in [5.74, 6) is 0.295. The maximum atomic E-state index is 12.2. The van der Waals surface area contributed by atoms with Crippen molar-refractivity contribution in [3.8, 4) is 11.8 Å². The van der Waals surface area contributed by atoms with E-state index < -0.39 is 7.37 Å². The van der Waals surface area contributed by atoms with Crippen molar-refractivity contribution >= 4 is 13.1 Å². The third-order valence-electron chi connectivity index (χ3n) is 2.48. The summed E-state index contributed by atoms with van der Waals surface area (Å²) in [4.78, 5) is 0. The molecule has 0 amide bonds. The second-order valence-corrected chi connectivity index (χ2v) is 6.20. The van der Waals surface area contributed by atoms with Crippen molar-refractivity contribution in [3.05, 3.63) is 35.1 Å². The van der Waals surface area contributed by atoms with E-state index in [2.05, 4.69) is 0 Å². The lowest BCUT2D eigenvalue weighted by atomic mass is 10.2. The molecule has 0 aliphatic heterocycles. The molecule has 0 fully saturated rings. The van der Waals surface area contributed by atoms with Gasteiger partial charge in [-0.3, -0.25) is 4.57 Å². The van der Waals surface area contributed by atoms with Gasteiger partial charge in [0.05, 0.1) is 13.7 Å². The molecule has 1 aromatic rings. The predicted octanol–water partition coefficient (Wildman–Crippen LogP) is 3.39. The number of allylic oxidation sites excluding steroid dienone is 1. The summed E-state index contributed by atoms with van der Waals surface area (Å²) in [5.41, 5.74) is 0.388. The third-order valence-corrected chi connectivity index (χ3v) is 4.35. The summed E-state index contributed by atoms with van der Waals surface area (Å²) in [6.45, 7) is 3.19. The van der Waals surface area contributed by atoms with E-state index in [1.807, 2.05) is 0 Å². The van der Waals surface area contributed by atoms with Crippen LogP contribution in [0.25, 0.3) is 5.76 Å². The fraction of sp³-hybridized carbons (Fsp3) is 0.308. The molecule has 0 saturated carbocycles. The highest BCUT2D eigenvalue weighted by molar-refractivity contribution is 7.63. The van der Waals surface area contributed by atoms with Crippen LogP contribution in [0.1, 0.15) is 12.5 Å². The number of ether oxygens (including phenoxy) is 1. The van der Waals surface area contributed by atoms with Crippen LogP contribution in [0, 0.1) is 11.3 Å². The Balaban J connectivity index is 3.24. The van der Waals surface area contributed by atoms with Crippen LogP contribution in [-0.4, -0.2) is 25.5 Å². The molecule has 0 radical (unpaired) electrons. The first-order chi connectivity index (χ1) is 8.96. The van der Waals surface area contributed by atoms with Crippen LogP contribution in [0.2, 0.25) is 0 Å². The minimum Gasteiger partial charge on any atom is -0.506 e. The number of aliphatic hydroxyl groups is 1. The summed E-state index contributed by atoms with van der Waals surface area (Å²) in [6, 6.07) is 8.21. The normalized spacial score (nSPS) is 15.1. The Morgan fingerprint density at radius 1 is 1.42 bits per heavy atom. The minimum atomic E-state index is -3.31. The molecule has 6 heteroatoms. The number of methoxy groups -OCH3 is 1. The molecule has 1 aromatic carbocycles. The van der Waals surface area contributed by atoms with Gasteiger partial charge < -0.3 is 14.4 Å². The Morgan fingerprint density at radius 2 is 2.00 bits per heavy atom. The van der Waals surface area contributed by atoms with Gasteiger partial charge in [-0.25, -0.2) is 0 Å². The van der Waals surface area contributed by atoms with Gasteiger partial charge in [-0.1, -0.05) is 0 Å². The third kappa shape index (κ3) is 3.60. The molecule has 0 saturated heterocycles. The van der Waals surface area contributed by atoms with Crippen molar-refractivity contribution in [2.75, 3.05) is 20.4 Å². The van der Waals surface area contributed by atoms with Crippen molar-refractivity contribution < 1.29 is 18.9 Å². The molecule has 1 N–H and O–H groups in total. The Hall–Kier alpha value is -1.76. The molecule has 1 atom stereocenters. The maximum absolute atomic E-state index is 12.2.